The molecule has 1 N–H and O–H groups in total. The quantitative estimate of drug-likeness (QED) is 0.785. The molecular formula is C18H18Cl2N2O3S. The minimum absolute atomic E-state index is 0.0328. The number of hydrogen-bond acceptors (Lipinski definition) is 3. The molecule has 1 aliphatic carbocycles. The van der Waals surface area contributed by atoms with Gasteiger partial charge in [-0.3, -0.25) is 4.79 Å². The van der Waals surface area contributed by atoms with E-state index in [4.69, 9.17) is 23.2 Å². The van der Waals surface area contributed by atoms with Gasteiger partial charge in [0.15, 0.2) is 0 Å². The summed E-state index contributed by atoms with van der Waals surface area (Å²) in [6.45, 7) is 0.149. The van der Waals surface area contributed by atoms with Gasteiger partial charge in [0.1, 0.15) is 4.90 Å². The first kappa shape index (κ1) is 19.2. The van der Waals surface area contributed by atoms with Crippen molar-refractivity contribution in [2.45, 2.75) is 30.3 Å². The second-order valence-electron chi connectivity index (χ2n) is 6.28. The Bertz CT molecular complexity index is 926. The number of amides is 1. The molecule has 8 heteroatoms. The first-order valence-electron chi connectivity index (χ1n) is 8.08. The fourth-order valence-electron chi connectivity index (χ4n) is 2.44. The lowest BCUT2D eigenvalue weighted by atomic mass is 10.1. The zero-order valence-electron chi connectivity index (χ0n) is 14.1. The average molecular weight is 413 g/mol. The van der Waals surface area contributed by atoms with Gasteiger partial charge in [0, 0.05) is 30.2 Å². The lowest BCUT2D eigenvalue weighted by molar-refractivity contribution is 0.0951. The summed E-state index contributed by atoms with van der Waals surface area (Å²) < 4.78 is 26.7. The maximum atomic E-state index is 12.7. The largest absolute Gasteiger partial charge is 0.349 e. The van der Waals surface area contributed by atoms with Crippen molar-refractivity contribution < 1.29 is 13.2 Å². The lowest BCUT2D eigenvalue weighted by Gasteiger charge is -2.18. The summed E-state index contributed by atoms with van der Waals surface area (Å²) in [6, 6.07) is 11.5. The number of nitrogens with zero attached hydrogens (tertiary/aromatic N) is 1. The summed E-state index contributed by atoms with van der Waals surface area (Å²) in [7, 11) is -2.31. The van der Waals surface area contributed by atoms with Crippen LogP contribution in [0.4, 0.5) is 0 Å². The first-order chi connectivity index (χ1) is 12.3. The third-order valence-corrected chi connectivity index (χ3v) is 6.64. The average Bonchev–Trinajstić information content (AvgIpc) is 3.41. The molecule has 0 aliphatic heterocycles. The van der Waals surface area contributed by atoms with Crippen molar-refractivity contribution in [2.75, 3.05) is 7.05 Å². The first-order valence-corrected chi connectivity index (χ1v) is 10.3. The van der Waals surface area contributed by atoms with E-state index in [1.165, 1.54) is 29.6 Å². The van der Waals surface area contributed by atoms with Gasteiger partial charge in [0.25, 0.3) is 5.91 Å². The Morgan fingerprint density at radius 2 is 1.81 bits per heavy atom. The molecule has 1 saturated carbocycles. The van der Waals surface area contributed by atoms with Gasteiger partial charge in [-0.2, -0.15) is 4.31 Å². The summed E-state index contributed by atoms with van der Waals surface area (Å²) in [5.41, 5.74) is 1.32. The molecule has 0 bridgehead atoms. The van der Waals surface area contributed by atoms with Gasteiger partial charge in [-0.05, 0) is 48.7 Å². The Kier molecular flexibility index (Phi) is 5.58. The number of benzene rings is 2. The SMILES string of the molecule is CN(Cc1ccc(C(=O)NC2CC2)cc1)S(=O)(=O)c1cc(Cl)ccc1Cl. The Hall–Kier alpha value is -1.60. The molecule has 3 rings (SSSR count). The molecule has 26 heavy (non-hydrogen) atoms. The van der Waals surface area contributed by atoms with E-state index in [0.29, 0.717) is 16.6 Å². The van der Waals surface area contributed by atoms with E-state index in [9.17, 15) is 13.2 Å². The van der Waals surface area contributed by atoms with E-state index in [0.717, 1.165) is 18.4 Å². The van der Waals surface area contributed by atoms with E-state index in [1.807, 2.05) is 0 Å². The zero-order valence-corrected chi connectivity index (χ0v) is 16.4. The topological polar surface area (TPSA) is 66.5 Å². The van der Waals surface area contributed by atoms with Crippen LogP contribution in [0.2, 0.25) is 10.0 Å². The molecule has 0 heterocycles. The van der Waals surface area contributed by atoms with Crippen LogP contribution in [0.15, 0.2) is 47.4 Å². The van der Waals surface area contributed by atoms with Gasteiger partial charge in [-0.15, -0.1) is 0 Å². The third-order valence-electron chi connectivity index (χ3n) is 4.12. The van der Waals surface area contributed by atoms with E-state index in [-0.39, 0.29) is 22.4 Å². The molecule has 1 aliphatic rings. The van der Waals surface area contributed by atoms with Gasteiger partial charge < -0.3 is 5.32 Å². The molecule has 5 nitrogen and oxygen atoms in total. The summed E-state index contributed by atoms with van der Waals surface area (Å²) >= 11 is 11.9. The second-order valence-corrected chi connectivity index (χ2v) is 9.14. The van der Waals surface area contributed by atoms with Gasteiger partial charge in [-0.1, -0.05) is 35.3 Å². The number of rotatable bonds is 6. The maximum absolute atomic E-state index is 12.7. The van der Waals surface area contributed by atoms with Crippen LogP contribution >= 0.6 is 23.2 Å². The summed E-state index contributed by atoms with van der Waals surface area (Å²) in [5, 5.41) is 3.33. The van der Waals surface area contributed by atoms with Crippen molar-refractivity contribution in [3.63, 3.8) is 0 Å². The second kappa shape index (κ2) is 7.56. The van der Waals surface area contributed by atoms with Gasteiger partial charge >= 0.3 is 0 Å². The van der Waals surface area contributed by atoms with Crippen LogP contribution < -0.4 is 5.32 Å². The summed E-state index contributed by atoms with van der Waals surface area (Å²) in [6.07, 6.45) is 2.05. The van der Waals surface area contributed by atoms with Crippen LogP contribution in [0.5, 0.6) is 0 Å². The normalized spacial score (nSPS) is 14.5. The minimum Gasteiger partial charge on any atom is -0.349 e. The maximum Gasteiger partial charge on any atom is 0.251 e. The Morgan fingerprint density at radius 1 is 1.15 bits per heavy atom. The number of nitrogens with one attached hydrogen (secondary N) is 1. The molecule has 0 aromatic heterocycles. The Morgan fingerprint density at radius 3 is 2.42 bits per heavy atom. The van der Waals surface area contributed by atoms with Gasteiger partial charge in [0.05, 0.1) is 5.02 Å². The van der Waals surface area contributed by atoms with Crippen molar-refractivity contribution in [3.05, 3.63) is 63.6 Å². The molecule has 1 fully saturated rings. The lowest BCUT2D eigenvalue weighted by Crippen LogP contribution is -2.27. The fraction of sp³-hybridized carbons (Fsp3) is 0.278. The van der Waals surface area contributed by atoms with Crippen LogP contribution in [0.1, 0.15) is 28.8 Å². The highest BCUT2D eigenvalue weighted by atomic mass is 35.5. The summed E-state index contributed by atoms with van der Waals surface area (Å²) in [4.78, 5) is 12.0. The van der Waals surface area contributed by atoms with Crippen LogP contribution in [0.25, 0.3) is 0 Å². The highest BCUT2D eigenvalue weighted by Crippen LogP contribution is 2.28. The molecule has 0 spiro atoms. The van der Waals surface area contributed by atoms with Crippen LogP contribution in [-0.4, -0.2) is 31.7 Å². The molecule has 2 aromatic carbocycles. The Balaban J connectivity index is 1.73. The van der Waals surface area contributed by atoms with Crippen molar-refractivity contribution in [3.8, 4) is 0 Å². The van der Waals surface area contributed by atoms with Crippen LogP contribution in [0.3, 0.4) is 0 Å². The number of carbonyl (C=O) groups is 1. The highest BCUT2D eigenvalue weighted by molar-refractivity contribution is 7.89. The van der Waals surface area contributed by atoms with Crippen molar-refractivity contribution in [1.82, 2.24) is 9.62 Å². The predicted molar refractivity (Wildman–Crippen MR) is 102 cm³/mol. The van der Waals surface area contributed by atoms with E-state index >= 15 is 0 Å². The molecule has 138 valence electrons. The monoisotopic (exact) mass is 412 g/mol. The molecule has 0 saturated heterocycles. The van der Waals surface area contributed by atoms with E-state index < -0.39 is 10.0 Å². The summed E-state index contributed by atoms with van der Waals surface area (Å²) in [5.74, 6) is -0.106. The van der Waals surface area contributed by atoms with E-state index in [2.05, 4.69) is 5.32 Å². The molecule has 2 aromatic rings. The number of sulfonamides is 1. The molecule has 0 unspecified atom stereocenters. The minimum atomic E-state index is -3.79. The number of hydrogen-bond donors (Lipinski definition) is 1. The number of halogens is 2. The smallest absolute Gasteiger partial charge is 0.251 e. The predicted octanol–water partition coefficient (Wildman–Crippen LogP) is 3.71. The molecular weight excluding hydrogens is 395 g/mol. The molecule has 0 radical (unpaired) electrons. The molecule has 1 amide bonds. The van der Waals surface area contributed by atoms with Crippen molar-refractivity contribution in [2.24, 2.45) is 0 Å². The molecule has 0 atom stereocenters. The van der Waals surface area contributed by atoms with Crippen LogP contribution in [-0.2, 0) is 16.6 Å². The van der Waals surface area contributed by atoms with E-state index in [1.54, 1.807) is 24.3 Å². The van der Waals surface area contributed by atoms with Crippen molar-refractivity contribution in [1.29, 1.82) is 0 Å². The fourth-order valence-corrected chi connectivity index (χ4v) is 4.33. The Labute approximate surface area is 163 Å². The van der Waals surface area contributed by atoms with Gasteiger partial charge in [0.2, 0.25) is 10.0 Å². The van der Waals surface area contributed by atoms with Crippen molar-refractivity contribution >= 4 is 39.1 Å². The van der Waals surface area contributed by atoms with Gasteiger partial charge in [-0.25, -0.2) is 8.42 Å². The number of carbonyl (C=O) groups excluding carboxylic acids is 1. The third kappa shape index (κ3) is 4.38. The van der Waals surface area contributed by atoms with Crippen LogP contribution in [0, 0.1) is 0 Å². The highest BCUT2D eigenvalue weighted by Gasteiger charge is 2.25. The standard InChI is InChI=1S/C18H18Cl2N2O3S/c1-22(26(24,25)17-10-14(19)6-9-16(17)20)11-12-2-4-13(5-3-12)18(23)21-15-7-8-15/h2-6,9-10,15H,7-8,11H2,1H3,(H,21,23). The zero-order chi connectivity index (χ0) is 18.9.